The zero-order valence-electron chi connectivity index (χ0n) is 10.2. The first kappa shape index (κ1) is 13.5. The number of nitrogens with one attached hydrogen (secondary N) is 2. The van der Waals surface area contributed by atoms with Crippen molar-refractivity contribution in [1.82, 2.24) is 15.6 Å². The molecule has 1 aliphatic rings. The molecule has 0 spiro atoms. The second kappa shape index (κ2) is 4.97. The van der Waals surface area contributed by atoms with E-state index >= 15 is 0 Å². The highest BCUT2D eigenvalue weighted by Gasteiger charge is 2.48. The van der Waals surface area contributed by atoms with Gasteiger partial charge in [-0.25, -0.2) is 9.78 Å². The van der Waals surface area contributed by atoms with E-state index in [1.807, 2.05) is 0 Å². The summed E-state index contributed by atoms with van der Waals surface area (Å²) in [5, 5.41) is 4.59. The van der Waals surface area contributed by atoms with Crippen LogP contribution in [-0.2, 0) is 16.0 Å². The van der Waals surface area contributed by atoms with E-state index in [2.05, 4.69) is 15.6 Å². The SMILES string of the molecule is CCC1(Cc2ccc(Cl)nc2)C(=O)NC(=O)NC1=O. The summed E-state index contributed by atoms with van der Waals surface area (Å²) in [6.45, 7) is 1.72. The van der Waals surface area contributed by atoms with Crippen LogP contribution in [0.25, 0.3) is 0 Å². The zero-order chi connectivity index (χ0) is 14.0. The zero-order valence-corrected chi connectivity index (χ0v) is 11.0. The standard InChI is InChI=1S/C12H12ClN3O3/c1-2-12(5-7-3-4-8(13)14-6-7)9(17)15-11(19)16-10(12)18/h3-4,6H,2,5H2,1H3,(H2,15,16,17,18,19). The molecular formula is C12H12ClN3O3. The molecule has 7 heteroatoms. The highest BCUT2D eigenvalue weighted by atomic mass is 35.5. The normalized spacial score (nSPS) is 17.9. The lowest BCUT2D eigenvalue weighted by atomic mass is 9.76. The van der Waals surface area contributed by atoms with Gasteiger partial charge in [0, 0.05) is 6.20 Å². The Kier molecular flexibility index (Phi) is 3.53. The van der Waals surface area contributed by atoms with Gasteiger partial charge in [0.05, 0.1) is 0 Å². The number of halogens is 1. The molecule has 0 aliphatic carbocycles. The van der Waals surface area contributed by atoms with Crippen LogP contribution in [0.15, 0.2) is 18.3 Å². The van der Waals surface area contributed by atoms with Crippen LogP contribution in [-0.4, -0.2) is 22.8 Å². The molecule has 0 saturated carbocycles. The lowest BCUT2D eigenvalue weighted by Crippen LogP contribution is -2.63. The molecule has 1 saturated heterocycles. The largest absolute Gasteiger partial charge is 0.328 e. The Hall–Kier alpha value is -1.95. The average molecular weight is 282 g/mol. The van der Waals surface area contributed by atoms with E-state index in [0.717, 1.165) is 0 Å². The van der Waals surface area contributed by atoms with Crippen molar-refractivity contribution in [2.45, 2.75) is 19.8 Å². The molecule has 100 valence electrons. The molecule has 0 aromatic carbocycles. The first-order valence-electron chi connectivity index (χ1n) is 5.75. The molecule has 0 bridgehead atoms. The number of amides is 4. The topological polar surface area (TPSA) is 88.2 Å². The van der Waals surface area contributed by atoms with Crippen LogP contribution < -0.4 is 10.6 Å². The van der Waals surface area contributed by atoms with Crippen LogP contribution in [0.2, 0.25) is 5.15 Å². The van der Waals surface area contributed by atoms with Crippen LogP contribution in [0.5, 0.6) is 0 Å². The van der Waals surface area contributed by atoms with Gasteiger partial charge in [0.1, 0.15) is 10.6 Å². The minimum Gasteiger partial charge on any atom is -0.277 e. The number of hydrogen-bond acceptors (Lipinski definition) is 4. The molecule has 6 nitrogen and oxygen atoms in total. The molecule has 0 atom stereocenters. The van der Waals surface area contributed by atoms with Gasteiger partial charge in [0.15, 0.2) is 0 Å². The summed E-state index contributed by atoms with van der Waals surface area (Å²) in [5.74, 6) is -1.17. The number of nitrogens with zero attached hydrogens (tertiary/aromatic N) is 1. The monoisotopic (exact) mass is 281 g/mol. The first-order chi connectivity index (χ1) is 8.98. The van der Waals surface area contributed by atoms with Crippen molar-refractivity contribution in [2.24, 2.45) is 5.41 Å². The van der Waals surface area contributed by atoms with Gasteiger partial charge >= 0.3 is 6.03 Å². The number of hydrogen-bond donors (Lipinski definition) is 2. The fraction of sp³-hybridized carbons (Fsp3) is 0.333. The molecule has 2 N–H and O–H groups in total. The second-order valence-corrected chi connectivity index (χ2v) is 4.73. The quantitative estimate of drug-likeness (QED) is 0.640. The van der Waals surface area contributed by atoms with Gasteiger partial charge in [0.2, 0.25) is 11.8 Å². The van der Waals surface area contributed by atoms with Crippen LogP contribution in [0.1, 0.15) is 18.9 Å². The fourth-order valence-corrected chi connectivity index (χ4v) is 2.16. The van der Waals surface area contributed by atoms with Crippen molar-refractivity contribution >= 4 is 29.4 Å². The van der Waals surface area contributed by atoms with Gasteiger partial charge in [-0.05, 0) is 24.5 Å². The molecule has 1 aliphatic heterocycles. The Morgan fingerprint density at radius 3 is 2.32 bits per heavy atom. The molecular weight excluding hydrogens is 270 g/mol. The summed E-state index contributed by atoms with van der Waals surface area (Å²) in [6, 6.07) is 2.50. The third-order valence-corrected chi connectivity index (χ3v) is 3.45. The van der Waals surface area contributed by atoms with Crippen molar-refractivity contribution in [3.63, 3.8) is 0 Å². The Labute approximate surface area is 114 Å². The van der Waals surface area contributed by atoms with Crippen molar-refractivity contribution in [3.8, 4) is 0 Å². The molecule has 1 fully saturated rings. The Bertz CT molecular complexity index is 522. The highest BCUT2D eigenvalue weighted by molar-refractivity contribution is 6.29. The summed E-state index contributed by atoms with van der Waals surface area (Å²) in [7, 11) is 0. The van der Waals surface area contributed by atoms with Crippen molar-refractivity contribution in [1.29, 1.82) is 0 Å². The number of carbonyl (C=O) groups is 3. The van der Waals surface area contributed by atoms with E-state index in [-0.39, 0.29) is 12.8 Å². The van der Waals surface area contributed by atoms with E-state index in [4.69, 9.17) is 11.6 Å². The predicted molar refractivity (Wildman–Crippen MR) is 67.4 cm³/mol. The number of aromatic nitrogens is 1. The third-order valence-electron chi connectivity index (χ3n) is 3.22. The molecule has 4 amide bonds. The summed E-state index contributed by atoms with van der Waals surface area (Å²) < 4.78 is 0. The maximum Gasteiger partial charge on any atom is 0.328 e. The summed E-state index contributed by atoms with van der Waals surface area (Å²) in [5.41, 5.74) is -0.588. The van der Waals surface area contributed by atoms with Crippen molar-refractivity contribution in [2.75, 3.05) is 0 Å². The minimum absolute atomic E-state index is 0.165. The fourth-order valence-electron chi connectivity index (χ4n) is 2.05. The Balaban J connectivity index is 2.32. The van der Waals surface area contributed by atoms with Crippen LogP contribution in [0, 0.1) is 5.41 Å². The molecule has 0 radical (unpaired) electrons. The second-order valence-electron chi connectivity index (χ2n) is 4.34. The van der Waals surface area contributed by atoms with Gasteiger partial charge in [-0.1, -0.05) is 24.6 Å². The third kappa shape index (κ3) is 2.44. The Morgan fingerprint density at radius 2 is 1.84 bits per heavy atom. The van der Waals surface area contributed by atoms with Gasteiger partial charge in [-0.3, -0.25) is 20.2 Å². The Morgan fingerprint density at radius 1 is 1.21 bits per heavy atom. The maximum atomic E-state index is 12.0. The lowest BCUT2D eigenvalue weighted by Gasteiger charge is -2.32. The van der Waals surface area contributed by atoms with E-state index in [0.29, 0.717) is 10.7 Å². The van der Waals surface area contributed by atoms with Crippen LogP contribution >= 0.6 is 11.6 Å². The van der Waals surface area contributed by atoms with Crippen molar-refractivity contribution in [3.05, 3.63) is 29.0 Å². The number of barbiturate groups is 1. The van der Waals surface area contributed by atoms with Gasteiger partial charge in [-0.2, -0.15) is 0 Å². The van der Waals surface area contributed by atoms with Gasteiger partial charge in [0.25, 0.3) is 0 Å². The average Bonchev–Trinajstić information content (AvgIpc) is 2.36. The number of urea groups is 1. The van der Waals surface area contributed by atoms with E-state index in [9.17, 15) is 14.4 Å². The molecule has 1 aromatic heterocycles. The van der Waals surface area contributed by atoms with E-state index < -0.39 is 23.3 Å². The van der Waals surface area contributed by atoms with Gasteiger partial charge < -0.3 is 0 Å². The summed E-state index contributed by atoms with van der Waals surface area (Å²) >= 11 is 5.69. The van der Waals surface area contributed by atoms with E-state index in [1.165, 1.54) is 6.20 Å². The number of imide groups is 2. The molecule has 2 rings (SSSR count). The predicted octanol–water partition coefficient (Wildman–Crippen LogP) is 1.04. The number of carbonyl (C=O) groups excluding carboxylic acids is 3. The summed E-state index contributed by atoms with van der Waals surface area (Å²) in [6.07, 6.45) is 1.95. The smallest absolute Gasteiger partial charge is 0.277 e. The number of rotatable bonds is 3. The molecule has 19 heavy (non-hydrogen) atoms. The van der Waals surface area contributed by atoms with Crippen LogP contribution in [0.3, 0.4) is 0 Å². The molecule has 0 unspecified atom stereocenters. The van der Waals surface area contributed by atoms with Crippen molar-refractivity contribution < 1.29 is 14.4 Å². The minimum atomic E-state index is -1.29. The van der Waals surface area contributed by atoms with Crippen LogP contribution in [0.4, 0.5) is 4.79 Å². The molecule has 2 heterocycles. The van der Waals surface area contributed by atoms with E-state index in [1.54, 1.807) is 19.1 Å². The highest BCUT2D eigenvalue weighted by Crippen LogP contribution is 2.29. The number of pyridine rings is 1. The van der Waals surface area contributed by atoms with Gasteiger partial charge in [-0.15, -0.1) is 0 Å². The summed E-state index contributed by atoms with van der Waals surface area (Å²) in [4.78, 5) is 39.0. The maximum absolute atomic E-state index is 12.0. The molecule has 1 aromatic rings. The first-order valence-corrected chi connectivity index (χ1v) is 6.13. The lowest BCUT2D eigenvalue weighted by molar-refractivity contribution is -0.144.